The molecule has 0 amide bonds. The van der Waals surface area contributed by atoms with Crippen LogP contribution in [-0.2, 0) is 0 Å². The second kappa shape index (κ2) is 5.59. The first-order valence-corrected chi connectivity index (χ1v) is 6.49. The zero-order valence-electron chi connectivity index (χ0n) is 10.0. The summed E-state index contributed by atoms with van der Waals surface area (Å²) in [4.78, 5) is 6.20. The van der Waals surface area contributed by atoms with Crippen LogP contribution in [0, 0.1) is 0 Å². The van der Waals surface area contributed by atoms with Crippen LogP contribution in [0.2, 0.25) is 5.02 Å². The van der Waals surface area contributed by atoms with Gasteiger partial charge in [0, 0.05) is 25.2 Å². The van der Waals surface area contributed by atoms with Crippen LogP contribution >= 0.6 is 27.5 Å². The van der Waals surface area contributed by atoms with Crippen molar-refractivity contribution in [1.82, 2.24) is 0 Å². The summed E-state index contributed by atoms with van der Waals surface area (Å²) in [7, 11) is 3.84. The molecular weight excluding hydrogens is 316 g/mol. The van der Waals surface area contributed by atoms with E-state index >= 15 is 0 Å². The predicted octanol–water partition coefficient (Wildman–Crippen LogP) is 4.51. The average Bonchev–Trinajstić information content (AvgIpc) is 2.68. The lowest BCUT2D eigenvalue weighted by atomic mass is 10.3. The summed E-state index contributed by atoms with van der Waals surface area (Å²) < 4.78 is 6.53. The Bertz CT molecular complexity index is 578. The molecular formula is C13H12BrClN2O. The topological polar surface area (TPSA) is 28.7 Å². The van der Waals surface area contributed by atoms with Gasteiger partial charge >= 0.3 is 0 Å². The minimum atomic E-state index is 0.666. The Hall–Kier alpha value is -1.26. The number of aliphatic imine (C=N–C) groups is 1. The van der Waals surface area contributed by atoms with Crippen LogP contribution in [0.5, 0.6) is 0 Å². The Morgan fingerprint density at radius 2 is 2.11 bits per heavy atom. The zero-order valence-corrected chi connectivity index (χ0v) is 12.4. The molecule has 5 heteroatoms. The van der Waals surface area contributed by atoms with E-state index in [-0.39, 0.29) is 0 Å². The molecule has 94 valence electrons. The summed E-state index contributed by atoms with van der Waals surface area (Å²) in [6.07, 6.45) is 1.67. The van der Waals surface area contributed by atoms with Crippen molar-refractivity contribution in [3.8, 4) is 0 Å². The number of rotatable bonds is 3. The van der Waals surface area contributed by atoms with Gasteiger partial charge in [0.05, 0.1) is 16.4 Å². The number of hydrogen-bond donors (Lipinski definition) is 0. The fraction of sp³-hybridized carbons (Fsp3) is 0.154. The van der Waals surface area contributed by atoms with Crippen LogP contribution < -0.4 is 4.90 Å². The highest BCUT2D eigenvalue weighted by atomic mass is 79.9. The summed E-state index contributed by atoms with van der Waals surface area (Å²) in [5.41, 5.74) is 0.793. The quantitative estimate of drug-likeness (QED) is 0.776. The van der Waals surface area contributed by atoms with Gasteiger partial charge in [0.25, 0.3) is 0 Å². The van der Waals surface area contributed by atoms with E-state index in [9.17, 15) is 0 Å². The van der Waals surface area contributed by atoms with E-state index in [0.717, 1.165) is 16.0 Å². The molecule has 0 saturated heterocycles. The Kier molecular flexibility index (Phi) is 4.09. The predicted molar refractivity (Wildman–Crippen MR) is 79.4 cm³/mol. The number of benzene rings is 1. The monoisotopic (exact) mass is 326 g/mol. The van der Waals surface area contributed by atoms with Crippen LogP contribution in [0.1, 0.15) is 5.76 Å². The van der Waals surface area contributed by atoms with Gasteiger partial charge in [-0.3, -0.25) is 4.99 Å². The van der Waals surface area contributed by atoms with E-state index in [0.29, 0.717) is 10.8 Å². The fourth-order valence-corrected chi connectivity index (χ4v) is 2.29. The third-order valence-electron chi connectivity index (χ3n) is 2.24. The highest BCUT2D eigenvalue weighted by Gasteiger charge is 2.08. The second-order valence-electron chi connectivity index (χ2n) is 3.93. The summed E-state index contributed by atoms with van der Waals surface area (Å²) in [5, 5.41) is 0.666. The summed E-state index contributed by atoms with van der Waals surface area (Å²) in [6, 6.07) is 9.23. The number of nitrogens with zero attached hydrogens (tertiary/aromatic N) is 2. The molecule has 0 atom stereocenters. The largest absolute Gasteiger partial charge is 0.438 e. The minimum Gasteiger partial charge on any atom is -0.438 e. The first-order chi connectivity index (χ1) is 8.56. The second-order valence-corrected chi connectivity index (χ2v) is 5.23. The first-order valence-electron chi connectivity index (χ1n) is 5.32. The molecule has 0 N–H and O–H groups in total. The van der Waals surface area contributed by atoms with E-state index < -0.39 is 0 Å². The van der Waals surface area contributed by atoms with E-state index in [4.69, 9.17) is 16.0 Å². The van der Waals surface area contributed by atoms with Gasteiger partial charge in [0.15, 0.2) is 0 Å². The number of halogens is 2. The van der Waals surface area contributed by atoms with Gasteiger partial charge in [-0.05, 0) is 34.1 Å². The Labute approximate surface area is 119 Å². The van der Waals surface area contributed by atoms with Gasteiger partial charge in [0.1, 0.15) is 5.76 Å². The van der Waals surface area contributed by atoms with Crippen molar-refractivity contribution in [1.29, 1.82) is 0 Å². The van der Waals surface area contributed by atoms with E-state index in [1.54, 1.807) is 12.3 Å². The molecule has 2 aromatic rings. The van der Waals surface area contributed by atoms with Crippen molar-refractivity contribution in [3.05, 3.63) is 45.6 Å². The maximum atomic E-state index is 5.89. The number of hydrogen-bond acceptors (Lipinski definition) is 3. The van der Waals surface area contributed by atoms with Crippen molar-refractivity contribution >= 4 is 45.3 Å². The molecule has 1 heterocycles. The summed E-state index contributed by atoms with van der Waals surface area (Å²) >= 11 is 9.32. The van der Waals surface area contributed by atoms with E-state index in [1.165, 1.54) is 0 Å². The molecule has 0 fully saturated rings. The highest BCUT2D eigenvalue weighted by molar-refractivity contribution is 9.10. The zero-order chi connectivity index (χ0) is 13.1. The summed E-state index contributed by atoms with van der Waals surface area (Å²) in [5.74, 6) is 1.45. The van der Waals surface area contributed by atoms with E-state index in [1.807, 2.05) is 43.3 Å². The van der Waals surface area contributed by atoms with Gasteiger partial charge in [-0.25, -0.2) is 0 Å². The third kappa shape index (κ3) is 3.15. The third-order valence-corrected chi connectivity index (χ3v) is 3.05. The lowest BCUT2D eigenvalue weighted by Crippen LogP contribution is -2.07. The van der Waals surface area contributed by atoms with Gasteiger partial charge in [-0.15, -0.1) is 0 Å². The van der Waals surface area contributed by atoms with Gasteiger partial charge in [0.2, 0.25) is 5.88 Å². The number of anilines is 1. The van der Waals surface area contributed by atoms with Gasteiger partial charge in [-0.2, -0.15) is 0 Å². The molecule has 2 rings (SSSR count). The SMILES string of the molecule is CN(C)c1oc(C=Nc2cccc(Cl)c2)cc1Br. The Morgan fingerprint density at radius 1 is 1.33 bits per heavy atom. The maximum Gasteiger partial charge on any atom is 0.210 e. The molecule has 1 aromatic heterocycles. The molecule has 3 nitrogen and oxygen atoms in total. The lowest BCUT2D eigenvalue weighted by Gasteiger charge is -2.07. The number of furan rings is 1. The van der Waals surface area contributed by atoms with Crippen LogP contribution in [-0.4, -0.2) is 20.3 Å². The van der Waals surface area contributed by atoms with Crippen molar-refractivity contribution in [3.63, 3.8) is 0 Å². The molecule has 0 aliphatic rings. The van der Waals surface area contributed by atoms with Gasteiger partial charge in [-0.1, -0.05) is 17.7 Å². The molecule has 1 aromatic carbocycles. The highest BCUT2D eigenvalue weighted by Crippen LogP contribution is 2.28. The van der Waals surface area contributed by atoms with Crippen molar-refractivity contribution in [2.45, 2.75) is 0 Å². The van der Waals surface area contributed by atoms with Crippen LogP contribution in [0.15, 0.2) is 44.2 Å². The Morgan fingerprint density at radius 3 is 2.72 bits per heavy atom. The van der Waals surface area contributed by atoms with Crippen molar-refractivity contribution in [2.75, 3.05) is 19.0 Å². The first kappa shape index (κ1) is 13.2. The van der Waals surface area contributed by atoms with Crippen molar-refractivity contribution in [2.24, 2.45) is 4.99 Å². The standard InChI is InChI=1S/C13H12BrClN2O/c1-17(2)13-12(14)7-11(18-13)8-16-10-5-3-4-9(15)6-10/h3-8H,1-2H3. The van der Waals surface area contributed by atoms with Crippen LogP contribution in [0.25, 0.3) is 0 Å². The minimum absolute atomic E-state index is 0.666. The maximum absolute atomic E-state index is 5.89. The lowest BCUT2D eigenvalue weighted by molar-refractivity contribution is 0.557. The molecule has 0 saturated carbocycles. The molecule has 0 aliphatic carbocycles. The molecule has 0 unspecified atom stereocenters. The fourth-order valence-electron chi connectivity index (χ4n) is 1.44. The molecule has 0 bridgehead atoms. The van der Waals surface area contributed by atoms with Gasteiger partial charge < -0.3 is 9.32 Å². The van der Waals surface area contributed by atoms with Crippen molar-refractivity contribution < 1.29 is 4.42 Å². The normalized spacial score (nSPS) is 11.1. The molecule has 18 heavy (non-hydrogen) atoms. The molecule has 0 aliphatic heterocycles. The Balaban J connectivity index is 2.21. The smallest absolute Gasteiger partial charge is 0.210 e. The average molecular weight is 328 g/mol. The van der Waals surface area contributed by atoms with Crippen LogP contribution in [0.3, 0.4) is 0 Å². The van der Waals surface area contributed by atoms with E-state index in [2.05, 4.69) is 20.9 Å². The van der Waals surface area contributed by atoms with Crippen LogP contribution in [0.4, 0.5) is 11.6 Å². The molecule has 0 radical (unpaired) electrons. The summed E-state index contributed by atoms with van der Waals surface area (Å²) in [6.45, 7) is 0. The molecule has 0 spiro atoms.